The van der Waals surface area contributed by atoms with E-state index in [4.69, 9.17) is 4.74 Å². The first-order valence-corrected chi connectivity index (χ1v) is 11.3. The number of rotatable bonds is 7. The Hall–Kier alpha value is -4.37. The van der Waals surface area contributed by atoms with Gasteiger partial charge in [-0.25, -0.2) is 4.79 Å². The van der Waals surface area contributed by atoms with E-state index in [1.165, 1.54) is 7.11 Å². The SMILES string of the molecule is COC(=O)c1cccc(C#Cc2cccc(NC(=O)C(NC(=O)Cc3ccccc3)C(C)C)c2)c1. The molecule has 0 aliphatic heterocycles. The van der Waals surface area contributed by atoms with E-state index in [2.05, 4.69) is 22.5 Å². The maximum Gasteiger partial charge on any atom is 0.337 e. The van der Waals surface area contributed by atoms with E-state index in [9.17, 15) is 14.4 Å². The average molecular weight is 469 g/mol. The second kappa shape index (κ2) is 12.2. The van der Waals surface area contributed by atoms with Crippen molar-refractivity contribution in [3.63, 3.8) is 0 Å². The molecule has 0 heterocycles. The standard InChI is InChI=1S/C29H28N2O4/c1-20(2)27(31-26(32)19-21-9-5-4-6-10-21)28(33)30-25-14-8-12-23(18-25)16-15-22-11-7-13-24(17-22)29(34)35-3/h4-14,17-18,20,27H,19H2,1-3H3,(H,30,33)(H,31,32). The number of benzene rings is 3. The van der Waals surface area contributed by atoms with Crippen molar-refractivity contribution in [2.24, 2.45) is 5.92 Å². The van der Waals surface area contributed by atoms with Crippen LogP contribution in [-0.4, -0.2) is 30.9 Å². The van der Waals surface area contributed by atoms with Crippen molar-refractivity contribution in [2.75, 3.05) is 12.4 Å². The summed E-state index contributed by atoms with van der Waals surface area (Å²) in [5.74, 6) is 5.05. The monoisotopic (exact) mass is 468 g/mol. The smallest absolute Gasteiger partial charge is 0.337 e. The highest BCUT2D eigenvalue weighted by molar-refractivity contribution is 5.97. The maximum atomic E-state index is 13.0. The van der Waals surface area contributed by atoms with E-state index in [-0.39, 0.29) is 24.2 Å². The highest BCUT2D eigenvalue weighted by atomic mass is 16.5. The van der Waals surface area contributed by atoms with Gasteiger partial charge in [-0.2, -0.15) is 0 Å². The summed E-state index contributed by atoms with van der Waals surface area (Å²) in [6.45, 7) is 3.77. The second-order valence-corrected chi connectivity index (χ2v) is 8.34. The van der Waals surface area contributed by atoms with Crippen LogP contribution in [0.5, 0.6) is 0 Å². The lowest BCUT2D eigenvalue weighted by atomic mass is 10.0. The molecule has 0 saturated heterocycles. The van der Waals surface area contributed by atoms with Gasteiger partial charge in [0.05, 0.1) is 19.1 Å². The Labute approximate surface area is 205 Å². The average Bonchev–Trinajstić information content (AvgIpc) is 2.86. The molecule has 0 aliphatic carbocycles. The van der Waals surface area contributed by atoms with Gasteiger partial charge in [0.25, 0.3) is 0 Å². The molecule has 2 N–H and O–H groups in total. The number of anilines is 1. The van der Waals surface area contributed by atoms with E-state index in [1.807, 2.05) is 50.2 Å². The number of methoxy groups -OCH3 is 1. The molecule has 0 fully saturated rings. The minimum absolute atomic E-state index is 0.0974. The summed E-state index contributed by atoms with van der Waals surface area (Å²) < 4.78 is 4.74. The Kier molecular flexibility index (Phi) is 8.80. The fourth-order valence-electron chi connectivity index (χ4n) is 3.42. The van der Waals surface area contributed by atoms with Gasteiger partial charge in [0.2, 0.25) is 11.8 Å². The predicted octanol–water partition coefficient (Wildman–Crippen LogP) is 4.20. The summed E-state index contributed by atoms with van der Waals surface area (Å²) in [6.07, 6.45) is 0.208. The normalized spacial score (nSPS) is 11.1. The molecule has 6 heteroatoms. The van der Waals surface area contributed by atoms with Crippen molar-refractivity contribution in [3.8, 4) is 11.8 Å². The van der Waals surface area contributed by atoms with Gasteiger partial charge in [-0.1, -0.05) is 68.2 Å². The van der Waals surface area contributed by atoms with Gasteiger partial charge in [0.15, 0.2) is 0 Å². The molecular weight excluding hydrogens is 440 g/mol. The third kappa shape index (κ3) is 7.58. The summed E-state index contributed by atoms with van der Waals surface area (Å²) in [6, 6.07) is 22.7. The number of nitrogens with one attached hydrogen (secondary N) is 2. The molecule has 1 unspecified atom stereocenters. The molecule has 2 amide bonds. The Morgan fingerprint density at radius 3 is 2.17 bits per heavy atom. The molecule has 178 valence electrons. The quantitative estimate of drug-likeness (QED) is 0.402. The summed E-state index contributed by atoms with van der Waals surface area (Å²) >= 11 is 0. The van der Waals surface area contributed by atoms with Crippen LogP contribution in [0.25, 0.3) is 0 Å². The topological polar surface area (TPSA) is 84.5 Å². The number of carbonyl (C=O) groups is 3. The van der Waals surface area contributed by atoms with Crippen LogP contribution in [0.15, 0.2) is 78.9 Å². The molecule has 0 saturated carbocycles. The van der Waals surface area contributed by atoms with Gasteiger partial charge in [-0.3, -0.25) is 9.59 Å². The lowest BCUT2D eigenvalue weighted by Crippen LogP contribution is -2.47. The molecule has 0 spiro atoms. The van der Waals surface area contributed by atoms with E-state index >= 15 is 0 Å². The lowest BCUT2D eigenvalue weighted by Gasteiger charge is -2.22. The number of hydrogen-bond acceptors (Lipinski definition) is 4. The minimum Gasteiger partial charge on any atom is -0.465 e. The van der Waals surface area contributed by atoms with Crippen molar-refractivity contribution in [1.29, 1.82) is 0 Å². The van der Waals surface area contributed by atoms with Crippen LogP contribution < -0.4 is 10.6 Å². The molecule has 3 aromatic carbocycles. The van der Waals surface area contributed by atoms with Crippen molar-refractivity contribution in [2.45, 2.75) is 26.3 Å². The van der Waals surface area contributed by atoms with E-state index in [1.54, 1.807) is 42.5 Å². The van der Waals surface area contributed by atoms with Crippen molar-refractivity contribution in [1.82, 2.24) is 5.32 Å². The fourth-order valence-corrected chi connectivity index (χ4v) is 3.42. The first-order valence-electron chi connectivity index (χ1n) is 11.3. The lowest BCUT2D eigenvalue weighted by molar-refractivity contribution is -0.127. The maximum absolute atomic E-state index is 13.0. The van der Waals surface area contributed by atoms with Crippen LogP contribution in [0, 0.1) is 17.8 Å². The molecule has 3 rings (SSSR count). The molecule has 0 aliphatic rings. The Morgan fingerprint density at radius 2 is 1.51 bits per heavy atom. The molecule has 6 nitrogen and oxygen atoms in total. The molecule has 3 aromatic rings. The van der Waals surface area contributed by atoms with Gasteiger partial charge in [0.1, 0.15) is 6.04 Å². The zero-order valence-corrected chi connectivity index (χ0v) is 20.0. The number of ether oxygens (including phenoxy) is 1. The van der Waals surface area contributed by atoms with Gasteiger partial charge in [-0.15, -0.1) is 0 Å². The summed E-state index contributed by atoms with van der Waals surface area (Å²) in [5.41, 5.74) is 3.25. The van der Waals surface area contributed by atoms with E-state index in [0.717, 1.165) is 5.56 Å². The van der Waals surface area contributed by atoms with Gasteiger partial charge in [-0.05, 0) is 47.9 Å². The predicted molar refractivity (Wildman–Crippen MR) is 136 cm³/mol. The Bertz CT molecular complexity index is 1260. The minimum atomic E-state index is -0.679. The summed E-state index contributed by atoms with van der Waals surface area (Å²) in [5, 5.41) is 5.73. The van der Waals surface area contributed by atoms with Crippen LogP contribution in [0.2, 0.25) is 0 Å². The second-order valence-electron chi connectivity index (χ2n) is 8.34. The van der Waals surface area contributed by atoms with Crippen LogP contribution in [-0.2, 0) is 20.7 Å². The molecule has 0 bridgehead atoms. The highest BCUT2D eigenvalue weighted by Gasteiger charge is 2.24. The van der Waals surface area contributed by atoms with Crippen LogP contribution in [0.1, 0.15) is 40.9 Å². The van der Waals surface area contributed by atoms with Gasteiger partial charge >= 0.3 is 5.97 Å². The molecular formula is C29H28N2O4. The first kappa shape index (κ1) is 25.3. The number of esters is 1. The summed E-state index contributed by atoms with van der Waals surface area (Å²) in [7, 11) is 1.33. The third-order valence-electron chi connectivity index (χ3n) is 5.24. The Morgan fingerprint density at radius 1 is 0.857 bits per heavy atom. The van der Waals surface area contributed by atoms with E-state index in [0.29, 0.717) is 22.4 Å². The van der Waals surface area contributed by atoms with E-state index < -0.39 is 12.0 Å². The number of carbonyl (C=O) groups excluding carboxylic acids is 3. The van der Waals surface area contributed by atoms with Crippen molar-refractivity contribution >= 4 is 23.5 Å². The zero-order valence-electron chi connectivity index (χ0n) is 20.0. The fraction of sp³-hybridized carbons (Fsp3) is 0.207. The largest absolute Gasteiger partial charge is 0.465 e. The molecule has 0 aromatic heterocycles. The summed E-state index contributed by atoms with van der Waals surface area (Å²) in [4.78, 5) is 37.2. The first-order chi connectivity index (χ1) is 16.9. The van der Waals surface area contributed by atoms with Crippen molar-refractivity contribution < 1.29 is 19.1 Å². The Balaban J connectivity index is 1.68. The van der Waals surface area contributed by atoms with Gasteiger partial charge in [0, 0.05) is 16.8 Å². The number of hydrogen-bond donors (Lipinski definition) is 2. The zero-order chi connectivity index (χ0) is 25.2. The van der Waals surface area contributed by atoms with Crippen molar-refractivity contribution in [3.05, 3.63) is 101 Å². The molecule has 0 radical (unpaired) electrons. The van der Waals surface area contributed by atoms with Crippen LogP contribution in [0.4, 0.5) is 5.69 Å². The third-order valence-corrected chi connectivity index (χ3v) is 5.24. The van der Waals surface area contributed by atoms with Crippen LogP contribution in [0.3, 0.4) is 0 Å². The van der Waals surface area contributed by atoms with Gasteiger partial charge < -0.3 is 15.4 Å². The molecule has 1 atom stereocenters. The number of amides is 2. The molecule has 35 heavy (non-hydrogen) atoms. The van der Waals surface area contributed by atoms with Crippen LogP contribution >= 0.6 is 0 Å². The highest BCUT2D eigenvalue weighted by Crippen LogP contribution is 2.13.